The summed E-state index contributed by atoms with van der Waals surface area (Å²) in [4.78, 5) is 11.2. The number of carbonyl (C=O) groups excluding carboxylic acids is 1. The highest BCUT2D eigenvalue weighted by Gasteiger charge is 2.35. The maximum absolute atomic E-state index is 11.2. The van der Waals surface area contributed by atoms with Crippen molar-refractivity contribution in [3.63, 3.8) is 0 Å². The van der Waals surface area contributed by atoms with Gasteiger partial charge in [0.2, 0.25) is 5.91 Å². The van der Waals surface area contributed by atoms with E-state index in [1.807, 2.05) is 0 Å². The highest BCUT2D eigenvalue weighted by Crippen LogP contribution is 2.32. The van der Waals surface area contributed by atoms with Gasteiger partial charge in [0.25, 0.3) is 0 Å². The van der Waals surface area contributed by atoms with Crippen LogP contribution in [-0.4, -0.2) is 17.3 Å². The molecule has 3 heteroatoms. The lowest BCUT2D eigenvalue weighted by Crippen LogP contribution is -2.51. The minimum atomic E-state index is -0.274. The SMILES string of the molecule is O=C1NC2CCCC[C@@H]2C[C@H]1Cl. The molecule has 1 N–H and O–H groups in total. The zero-order valence-corrected chi connectivity index (χ0v) is 7.81. The van der Waals surface area contributed by atoms with E-state index in [1.54, 1.807) is 0 Å². The van der Waals surface area contributed by atoms with Gasteiger partial charge in [0.1, 0.15) is 5.38 Å². The zero-order valence-electron chi connectivity index (χ0n) is 7.05. The van der Waals surface area contributed by atoms with E-state index in [-0.39, 0.29) is 11.3 Å². The molecule has 0 bridgehead atoms. The molecule has 2 fully saturated rings. The lowest BCUT2D eigenvalue weighted by atomic mass is 9.79. The van der Waals surface area contributed by atoms with Crippen LogP contribution in [0, 0.1) is 5.92 Å². The van der Waals surface area contributed by atoms with Crippen LogP contribution in [0.3, 0.4) is 0 Å². The van der Waals surface area contributed by atoms with Crippen molar-refractivity contribution in [1.29, 1.82) is 0 Å². The topological polar surface area (TPSA) is 29.1 Å². The first-order chi connectivity index (χ1) is 5.77. The smallest absolute Gasteiger partial charge is 0.238 e. The molecule has 1 amide bonds. The third-order valence-corrected chi connectivity index (χ3v) is 3.41. The van der Waals surface area contributed by atoms with Gasteiger partial charge >= 0.3 is 0 Å². The number of nitrogens with one attached hydrogen (secondary N) is 1. The van der Waals surface area contributed by atoms with Crippen molar-refractivity contribution < 1.29 is 4.79 Å². The van der Waals surface area contributed by atoms with Gasteiger partial charge in [-0.1, -0.05) is 12.8 Å². The molecule has 3 atom stereocenters. The lowest BCUT2D eigenvalue weighted by molar-refractivity contribution is -0.124. The second kappa shape index (κ2) is 3.25. The normalized spacial score (nSPS) is 41.8. The van der Waals surface area contributed by atoms with Crippen LogP contribution in [0.2, 0.25) is 0 Å². The predicted molar refractivity (Wildman–Crippen MR) is 48.1 cm³/mol. The molecule has 2 nitrogen and oxygen atoms in total. The van der Waals surface area contributed by atoms with E-state index in [2.05, 4.69) is 5.32 Å². The van der Waals surface area contributed by atoms with Crippen LogP contribution >= 0.6 is 11.6 Å². The molecular formula is C9H14ClNO. The average Bonchev–Trinajstić information content (AvgIpc) is 2.07. The maximum atomic E-state index is 11.2. The number of halogens is 1. The van der Waals surface area contributed by atoms with Gasteiger partial charge in [-0.3, -0.25) is 4.79 Å². The second-order valence-corrected chi connectivity index (χ2v) is 4.39. The fourth-order valence-electron chi connectivity index (χ4n) is 2.33. The van der Waals surface area contributed by atoms with Crippen LogP contribution in [0.15, 0.2) is 0 Å². The molecule has 68 valence electrons. The van der Waals surface area contributed by atoms with Crippen molar-refractivity contribution in [3.05, 3.63) is 0 Å². The van der Waals surface area contributed by atoms with Crippen LogP contribution in [-0.2, 0) is 4.79 Å². The number of carbonyl (C=O) groups is 1. The van der Waals surface area contributed by atoms with E-state index < -0.39 is 0 Å². The van der Waals surface area contributed by atoms with Gasteiger partial charge in [0.15, 0.2) is 0 Å². The summed E-state index contributed by atoms with van der Waals surface area (Å²) >= 11 is 5.87. The third kappa shape index (κ3) is 1.45. The Morgan fingerprint density at radius 1 is 1.33 bits per heavy atom. The van der Waals surface area contributed by atoms with Crippen LogP contribution < -0.4 is 5.32 Å². The van der Waals surface area contributed by atoms with Crippen LogP contribution in [0.5, 0.6) is 0 Å². The van der Waals surface area contributed by atoms with Gasteiger partial charge in [-0.05, 0) is 25.2 Å². The Hall–Kier alpha value is -0.240. The molecule has 2 rings (SSSR count). The summed E-state index contributed by atoms with van der Waals surface area (Å²) in [6, 6.07) is 0.432. The standard InChI is InChI=1S/C9H14ClNO/c10-7-5-6-3-1-2-4-8(6)11-9(7)12/h6-8H,1-5H2,(H,11,12)/t6-,7-,8?/m1/s1. The summed E-state index contributed by atoms with van der Waals surface area (Å²) in [5.74, 6) is 0.693. The number of amides is 1. The molecule has 0 aromatic carbocycles. The number of hydrogen-bond donors (Lipinski definition) is 1. The van der Waals surface area contributed by atoms with Crippen molar-refractivity contribution in [1.82, 2.24) is 5.32 Å². The Kier molecular flexibility index (Phi) is 2.26. The molecule has 1 unspecified atom stereocenters. The number of fused-ring (bicyclic) bond motifs is 1. The fourth-order valence-corrected chi connectivity index (χ4v) is 2.62. The van der Waals surface area contributed by atoms with Crippen molar-refractivity contribution >= 4 is 17.5 Å². The van der Waals surface area contributed by atoms with Crippen molar-refractivity contribution in [2.75, 3.05) is 0 Å². The Bertz CT molecular complexity index is 195. The van der Waals surface area contributed by atoms with Gasteiger partial charge < -0.3 is 5.32 Å². The van der Waals surface area contributed by atoms with E-state index in [0.29, 0.717) is 12.0 Å². The number of piperidine rings is 1. The summed E-state index contributed by atoms with van der Waals surface area (Å²) < 4.78 is 0. The van der Waals surface area contributed by atoms with Crippen LogP contribution in [0.4, 0.5) is 0 Å². The summed E-state index contributed by atoms with van der Waals surface area (Å²) in [5.41, 5.74) is 0. The second-order valence-electron chi connectivity index (χ2n) is 3.86. The Balaban J connectivity index is 2.02. The quantitative estimate of drug-likeness (QED) is 0.575. The molecule has 1 saturated carbocycles. The molecule has 1 saturated heterocycles. The molecule has 0 radical (unpaired) electrons. The molecule has 0 aromatic heterocycles. The molecule has 2 aliphatic rings. The predicted octanol–water partition coefficient (Wildman–Crippen LogP) is 1.67. The Labute approximate surface area is 77.7 Å². The van der Waals surface area contributed by atoms with E-state index in [0.717, 1.165) is 12.8 Å². The largest absolute Gasteiger partial charge is 0.352 e. The van der Waals surface area contributed by atoms with E-state index in [1.165, 1.54) is 19.3 Å². The zero-order chi connectivity index (χ0) is 8.55. The molecule has 0 aromatic rings. The molecule has 1 aliphatic heterocycles. The lowest BCUT2D eigenvalue weighted by Gasteiger charge is -2.37. The number of hydrogen-bond acceptors (Lipinski definition) is 1. The van der Waals surface area contributed by atoms with Gasteiger partial charge in [-0.15, -0.1) is 11.6 Å². The maximum Gasteiger partial charge on any atom is 0.238 e. The number of alkyl halides is 1. The number of rotatable bonds is 0. The monoisotopic (exact) mass is 187 g/mol. The summed E-state index contributed by atoms with van der Waals surface area (Å²) in [6.45, 7) is 0. The molecule has 12 heavy (non-hydrogen) atoms. The summed E-state index contributed by atoms with van der Waals surface area (Å²) in [7, 11) is 0. The first kappa shape index (κ1) is 8.36. The van der Waals surface area contributed by atoms with Crippen molar-refractivity contribution in [2.24, 2.45) is 5.92 Å². The van der Waals surface area contributed by atoms with Crippen molar-refractivity contribution in [2.45, 2.75) is 43.5 Å². The fraction of sp³-hybridized carbons (Fsp3) is 0.889. The van der Waals surface area contributed by atoms with Crippen LogP contribution in [0.25, 0.3) is 0 Å². The van der Waals surface area contributed by atoms with Crippen molar-refractivity contribution in [3.8, 4) is 0 Å². The Morgan fingerprint density at radius 2 is 2.08 bits per heavy atom. The summed E-state index contributed by atoms with van der Waals surface area (Å²) in [6.07, 6.45) is 5.85. The molecule has 1 aliphatic carbocycles. The van der Waals surface area contributed by atoms with Gasteiger partial charge in [-0.25, -0.2) is 0 Å². The highest BCUT2D eigenvalue weighted by atomic mass is 35.5. The minimum absolute atomic E-state index is 0.0415. The third-order valence-electron chi connectivity index (χ3n) is 3.03. The summed E-state index contributed by atoms with van der Waals surface area (Å²) in [5, 5.41) is 2.72. The van der Waals surface area contributed by atoms with E-state index >= 15 is 0 Å². The average molecular weight is 188 g/mol. The van der Waals surface area contributed by atoms with Crippen LogP contribution in [0.1, 0.15) is 32.1 Å². The van der Waals surface area contributed by atoms with Gasteiger partial charge in [0, 0.05) is 6.04 Å². The molecule has 1 heterocycles. The highest BCUT2D eigenvalue weighted by molar-refractivity contribution is 6.30. The molecule has 0 spiro atoms. The van der Waals surface area contributed by atoms with Gasteiger partial charge in [0.05, 0.1) is 0 Å². The van der Waals surface area contributed by atoms with Gasteiger partial charge in [-0.2, -0.15) is 0 Å². The first-order valence-corrected chi connectivity index (χ1v) is 5.15. The Morgan fingerprint density at radius 3 is 2.92 bits per heavy atom. The van der Waals surface area contributed by atoms with E-state index in [9.17, 15) is 4.79 Å². The minimum Gasteiger partial charge on any atom is -0.352 e. The van der Waals surface area contributed by atoms with E-state index in [4.69, 9.17) is 11.6 Å². The first-order valence-electron chi connectivity index (χ1n) is 4.72. The molecular weight excluding hydrogens is 174 g/mol.